The zero-order chi connectivity index (χ0) is 23.6. The van der Waals surface area contributed by atoms with E-state index in [-0.39, 0.29) is 17.3 Å². The quantitative estimate of drug-likeness (QED) is 0.385. The number of hydrogen-bond donors (Lipinski definition) is 0. The van der Waals surface area contributed by atoms with Gasteiger partial charge in [-0.25, -0.2) is 4.79 Å². The highest BCUT2D eigenvalue weighted by atomic mass is 32.2. The molecule has 0 bridgehead atoms. The third-order valence-electron chi connectivity index (χ3n) is 5.76. The van der Waals surface area contributed by atoms with Crippen molar-refractivity contribution in [1.82, 2.24) is 9.47 Å². The van der Waals surface area contributed by atoms with Crippen LogP contribution in [0.25, 0.3) is 10.9 Å². The molecule has 4 rings (SSSR count). The van der Waals surface area contributed by atoms with E-state index in [2.05, 4.69) is 4.90 Å². The number of aryl methyl sites for hydroxylation is 2. The lowest BCUT2D eigenvalue weighted by Crippen LogP contribution is -2.36. The summed E-state index contributed by atoms with van der Waals surface area (Å²) in [7, 11) is -2.12. The minimum atomic E-state index is -4.01. The molecule has 0 aliphatic carbocycles. The third kappa shape index (κ3) is 4.90. The van der Waals surface area contributed by atoms with Gasteiger partial charge in [-0.15, -0.1) is 0 Å². The molecule has 0 spiro atoms. The van der Waals surface area contributed by atoms with Crippen LogP contribution in [-0.2, 0) is 33.2 Å². The molecular weight excluding hydrogens is 444 g/mol. The van der Waals surface area contributed by atoms with Crippen molar-refractivity contribution >= 4 is 27.0 Å². The Morgan fingerprint density at radius 1 is 1.09 bits per heavy atom. The number of hydrogen-bond acceptors (Lipinski definition) is 7. The van der Waals surface area contributed by atoms with Gasteiger partial charge in [-0.3, -0.25) is 4.90 Å². The molecule has 0 atom stereocenters. The summed E-state index contributed by atoms with van der Waals surface area (Å²) in [4.78, 5) is 15.2. The fraction of sp³-hybridized carbons (Fsp3) is 0.375. The molecule has 1 aliphatic rings. The fourth-order valence-electron chi connectivity index (χ4n) is 4.00. The molecule has 2 aromatic carbocycles. The molecule has 1 aromatic heterocycles. The average Bonchev–Trinajstić information content (AvgIpc) is 3.05. The predicted octanol–water partition coefficient (Wildman–Crippen LogP) is 3.26. The van der Waals surface area contributed by atoms with Crippen LogP contribution < -0.4 is 4.18 Å². The number of aromatic nitrogens is 1. The lowest BCUT2D eigenvalue weighted by Gasteiger charge is -2.27. The van der Waals surface area contributed by atoms with Crippen LogP contribution in [0.2, 0.25) is 0 Å². The molecule has 1 saturated heterocycles. The number of nitrogens with zero attached hydrogens (tertiary/aromatic N) is 2. The van der Waals surface area contributed by atoms with Crippen molar-refractivity contribution in [2.45, 2.75) is 25.3 Å². The van der Waals surface area contributed by atoms with Crippen molar-refractivity contribution < 1.29 is 26.9 Å². The summed E-state index contributed by atoms with van der Waals surface area (Å²) in [5, 5.41) is 0.593. The molecule has 0 amide bonds. The average molecular weight is 473 g/mol. The van der Waals surface area contributed by atoms with E-state index in [0.717, 1.165) is 29.9 Å². The summed E-state index contributed by atoms with van der Waals surface area (Å²) in [6.45, 7) is 7.27. The minimum absolute atomic E-state index is 0.0693. The normalized spacial score (nSPS) is 15.0. The Hall–Kier alpha value is -2.88. The highest BCUT2D eigenvalue weighted by molar-refractivity contribution is 7.87. The number of carbonyl (C=O) groups excluding carboxylic acids is 1. The molecule has 0 N–H and O–H groups in total. The van der Waals surface area contributed by atoms with E-state index in [4.69, 9.17) is 13.7 Å². The van der Waals surface area contributed by atoms with Crippen LogP contribution in [-0.4, -0.2) is 56.8 Å². The van der Waals surface area contributed by atoms with Crippen LogP contribution in [0.4, 0.5) is 0 Å². The maximum Gasteiger partial charge on any atom is 0.340 e. The van der Waals surface area contributed by atoms with Gasteiger partial charge in [0.25, 0.3) is 0 Å². The first-order valence-electron chi connectivity index (χ1n) is 10.9. The van der Waals surface area contributed by atoms with E-state index in [0.29, 0.717) is 30.7 Å². The second-order valence-electron chi connectivity index (χ2n) is 8.02. The molecule has 33 heavy (non-hydrogen) atoms. The maximum absolute atomic E-state index is 12.9. The van der Waals surface area contributed by atoms with Crippen LogP contribution in [0, 0.1) is 6.92 Å². The third-order valence-corrected chi connectivity index (χ3v) is 7.03. The number of benzene rings is 2. The molecule has 0 unspecified atom stereocenters. The minimum Gasteiger partial charge on any atom is -0.462 e. The van der Waals surface area contributed by atoms with Crippen molar-refractivity contribution in [3.63, 3.8) is 0 Å². The smallest absolute Gasteiger partial charge is 0.340 e. The second kappa shape index (κ2) is 9.54. The maximum atomic E-state index is 12.9. The molecule has 2 heterocycles. The number of ether oxygens (including phenoxy) is 2. The van der Waals surface area contributed by atoms with Gasteiger partial charge in [0.05, 0.1) is 25.4 Å². The van der Waals surface area contributed by atoms with Crippen LogP contribution in [0.5, 0.6) is 5.75 Å². The number of carbonyl (C=O) groups is 1. The van der Waals surface area contributed by atoms with Crippen molar-refractivity contribution in [3.05, 3.63) is 59.3 Å². The van der Waals surface area contributed by atoms with Gasteiger partial charge in [0, 0.05) is 43.3 Å². The zero-order valence-corrected chi connectivity index (χ0v) is 19.9. The first-order valence-corrected chi connectivity index (χ1v) is 12.3. The van der Waals surface area contributed by atoms with Gasteiger partial charge in [-0.2, -0.15) is 8.42 Å². The van der Waals surface area contributed by atoms with Gasteiger partial charge in [0.2, 0.25) is 0 Å². The molecule has 0 radical (unpaired) electrons. The molecule has 8 nitrogen and oxygen atoms in total. The van der Waals surface area contributed by atoms with E-state index < -0.39 is 16.1 Å². The monoisotopic (exact) mass is 472 g/mol. The Balaban J connectivity index is 1.74. The Kier molecular flexibility index (Phi) is 6.73. The van der Waals surface area contributed by atoms with Crippen LogP contribution in [0.3, 0.4) is 0 Å². The molecular formula is C24H28N2O6S. The van der Waals surface area contributed by atoms with Gasteiger partial charge in [-0.1, -0.05) is 17.7 Å². The Bertz CT molecular complexity index is 1260. The molecule has 3 aromatic rings. The van der Waals surface area contributed by atoms with Crippen LogP contribution >= 0.6 is 0 Å². The number of esters is 1. The topological polar surface area (TPSA) is 87.1 Å². The summed E-state index contributed by atoms with van der Waals surface area (Å²) in [5.41, 5.74) is 2.98. The Morgan fingerprint density at radius 2 is 1.79 bits per heavy atom. The summed E-state index contributed by atoms with van der Waals surface area (Å²) >= 11 is 0. The first-order chi connectivity index (χ1) is 15.8. The first kappa shape index (κ1) is 23.3. The highest BCUT2D eigenvalue weighted by Crippen LogP contribution is 2.32. The van der Waals surface area contributed by atoms with Crippen molar-refractivity contribution in [2.75, 3.05) is 32.9 Å². The zero-order valence-electron chi connectivity index (χ0n) is 19.0. The van der Waals surface area contributed by atoms with Gasteiger partial charge < -0.3 is 18.2 Å². The lowest BCUT2D eigenvalue weighted by molar-refractivity contribution is 0.0328. The van der Waals surface area contributed by atoms with Crippen molar-refractivity contribution in [1.29, 1.82) is 0 Å². The predicted molar refractivity (Wildman–Crippen MR) is 124 cm³/mol. The van der Waals surface area contributed by atoms with E-state index in [9.17, 15) is 13.2 Å². The standard InChI is InChI=1S/C24H28N2O6S/c1-4-31-24(27)23-20-15-18(32-33(28,29)19-8-5-17(2)6-9-19)7-10-21(20)25(3)22(23)16-26-11-13-30-14-12-26/h5-10,15H,4,11-14,16H2,1-3H3. The van der Waals surface area contributed by atoms with E-state index >= 15 is 0 Å². The molecule has 176 valence electrons. The summed E-state index contributed by atoms with van der Waals surface area (Å²) in [5.74, 6) is -0.304. The largest absolute Gasteiger partial charge is 0.462 e. The van der Waals surface area contributed by atoms with Crippen molar-refractivity contribution in [3.8, 4) is 5.75 Å². The highest BCUT2D eigenvalue weighted by Gasteiger charge is 2.26. The number of morpholine rings is 1. The fourth-order valence-corrected chi connectivity index (χ4v) is 4.92. The van der Waals surface area contributed by atoms with Gasteiger partial charge >= 0.3 is 16.1 Å². The van der Waals surface area contributed by atoms with Gasteiger partial charge in [-0.05, 0) is 44.2 Å². The van der Waals surface area contributed by atoms with Crippen LogP contribution in [0.1, 0.15) is 28.5 Å². The van der Waals surface area contributed by atoms with Gasteiger partial charge in [0.1, 0.15) is 10.6 Å². The Morgan fingerprint density at radius 3 is 2.45 bits per heavy atom. The number of fused-ring (bicyclic) bond motifs is 1. The number of rotatable bonds is 7. The summed E-state index contributed by atoms with van der Waals surface area (Å²) in [6, 6.07) is 11.4. The summed E-state index contributed by atoms with van der Waals surface area (Å²) < 4.78 is 43.7. The molecule has 1 fully saturated rings. The molecule has 1 aliphatic heterocycles. The summed E-state index contributed by atoms with van der Waals surface area (Å²) in [6.07, 6.45) is 0. The molecule has 0 saturated carbocycles. The van der Waals surface area contributed by atoms with Crippen LogP contribution in [0.15, 0.2) is 47.4 Å². The molecule has 9 heteroatoms. The van der Waals surface area contributed by atoms with E-state index in [1.807, 2.05) is 18.5 Å². The van der Waals surface area contributed by atoms with E-state index in [1.165, 1.54) is 12.1 Å². The SMILES string of the molecule is CCOC(=O)c1c(CN2CCOCC2)n(C)c2ccc(OS(=O)(=O)c3ccc(C)cc3)cc12. The van der Waals surface area contributed by atoms with E-state index in [1.54, 1.807) is 37.3 Å². The van der Waals surface area contributed by atoms with Gasteiger partial charge in [0.15, 0.2) is 0 Å². The van der Waals surface area contributed by atoms with Crippen molar-refractivity contribution in [2.24, 2.45) is 7.05 Å². The Labute approximate surface area is 193 Å². The lowest BCUT2D eigenvalue weighted by atomic mass is 10.1. The second-order valence-corrected chi connectivity index (χ2v) is 9.57.